The Labute approximate surface area is 138 Å². The average molecular weight is 314 g/mol. The number of ether oxygens (including phenoxy) is 1. The van der Waals surface area contributed by atoms with Crippen molar-refractivity contribution in [1.29, 1.82) is 0 Å². The molecule has 3 heteroatoms. The molecule has 0 radical (unpaired) electrons. The molecule has 22 heavy (non-hydrogen) atoms. The van der Waals surface area contributed by atoms with Gasteiger partial charge < -0.3 is 14.7 Å². The van der Waals surface area contributed by atoms with Gasteiger partial charge in [-0.05, 0) is 50.1 Å². The topological polar surface area (TPSA) is 32.7 Å². The molecule has 3 unspecified atom stereocenters. The monoisotopic (exact) mass is 313 g/mol. The first-order chi connectivity index (χ1) is 10.4. The smallest absolute Gasteiger partial charge is 0.0900 e. The number of aliphatic hydroxyl groups is 1. The number of nitrogens with zero attached hydrogens (tertiary/aromatic N) is 1. The SMILES string of the molecule is CC(C)CC(OCC(O)CN1CCCCCC1)C(C)C(C)C. The molecule has 1 saturated heterocycles. The lowest BCUT2D eigenvalue weighted by Crippen LogP contribution is -2.37. The van der Waals surface area contributed by atoms with Crippen LogP contribution in [-0.2, 0) is 4.74 Å². The lowest BCUT2D eigenvalue weighted by molar-refractivity contribution is -0.0552. The van der Waals surface area contributed by atoms with Crippen LogP contribution in [0.2, 0.25) is 0 Å². The van der Waals surface area contributed by atoms with E-state index in [2.05, 4.69) is 39.5 Å². The Morgan fingerprint density at radius 3 is 2.05 bits per heavy atom. The van der Waals surface area contributed by atoms with Gasteiger partial charge >= 0.3 is 0 Å². The van der Waals surface area contributed by atoms with E-state index < -0.39 is 0 Å². The van der Waals surface area contributed by atoms with Crippen molar-refractivity contribution in [3.8, 4) is 0 Å². The molecule has 0 aromatic heterocycles. The van der Waals surface area contributed by atoms with Gasteiger partial charge in [-0.2, -0.15) is 0 Å². The molecular weight excluding hydrogens is 274 g/mol. The van der Waals surface area contributed by atoms with Crippen molar-refractivity contribution in [3.63, 3.8) is 0 Å². The average Bonchev–Trinajstić information content (AvgIpc) is 2.70. The summed E-state index contributed by atoms with van der Waals surface area (Å²) in [4.78, 5) is 2.41. The van der Waals surface area contributed by atoms with E-state index in [1.807, 2.05) is 0 Å². The van der Waals surface area contributed by atoms with E-state index >= 15 is 0 Å². The van der Waals surface area contributed by atoms with Crippen molar-refractivity contribution in [2.45, 2.75) is 78.9 Å². The van der Waals surface area contributed by atoms with E-state index in [0.717, 1.165) is 26.1 Å². The van der Waals surface area contributed by atoms with E-state index in [-0.39, 0.29) is 12.2 Å². The molecule has 3 nitrogen and oxygen atoms in total. The largest absolute Gasteiger partial charge is 0.389 e. The van der Waals surface area contributed by atoms with Crippen LogP contribution in [0.1, 0.15) is 66.7 Å². The zero-order valence-electron chi connectivity index (χ0n) is 15.6. The summed E-state index contributed by atoms with van der Waals surface area (Å²) in [6, 6.07) is 0. The third-order valence-electron chi connectivity index (χ3n) is 5.01. The fourth-order valence-corrected chi connectivity index (χ4v) is 3.23. The molecule has 0 spiro atoms. The van der Waals surface area contributed by atoms with Gasteiger partial charge in [-0.3, -0.25) is 0 Å². The minimum Gasteiger partial charge on any atom is -0.389 e. The van der Waals surface area contributed by atoms with Crippen LogP contribution >= 0.6 is 0 Å². The normalized spacial score (nSPS) is 21.8. The number of aliphatic hydroxyl groups excluding tert-OH is 1. The van der Waals surface area contributed by atoms with Gasteiger partial charge in [0.15, 0.2) is 0 Å². The zero-order chi connectivity index (χ0) is 16.5. The summed E-state index contributed by atoms with van der Waals surface area (Å²) < 4.78 is 6.13. The number of hydrogen-bond donors (Lipinski definition) is 1. The summed E-state index contributed by atoms with van der Waals surface area (Å²) in [5, 5.41) is 10.3. The summed E-state index contributed by atoms with van der Waals surface area (Å²) in [7, 11) is 0. The summed E-state index contributed by atoms with van der Waals surface area (Å²) in [5.41, 5.74) is 0. The molecule has 0 aromatic rings. The third kappa shape index (κ3) is 7.94. The highest BCUT2D eigenvalue weighted by molar-refractivity contribution is 4.73. The zero-order valence-corrected chi connectivity index (χ0v) is 15.6. The molecule has 1 rings (SSSR count). The summed E-state index contributed by atoms with van der Waals surface area (Å²) in [5.74, 6) is 1.79. The van der Waals surface area contributed by atoms with E-state index in [0.29, 0.717) is 24.4 Å². The highest BCUT2D eigenvalue weighted by atomic mass is 16.5. The molecule has 0 aliphatic carbocycles. The van der Waals surface area contributed by atoms with Crippen LogP contribution in [0.25, 0.3) is 0 Å². The molecule has 0 bridgehead atoms. The summed E-state index contributed by atoms with van der Waals surface area (Å²) in [6.45, 7) is 14.8. The van der Waals surface area contributed by atoms with Crippen LogP contribution in [0.5, 0.6) is 0 Å². The van der Waals surface area contributed by atoms with Crippen molar-refractivity contribution in [2.24, 2.45) is 17.8 Å². The second-order valence-corrected chi connectivity index (χ2v) is 7.97. The van der Waals surface area contributed by atoms with E-state index in [4.69, 9.17) is 4.74 Å². The maximum absolute atomic E-state index is 10.3. The lowest BCUT2D eigenvalue weighted by Gasteiger charge is -2.30. The van der Waals surface area contributed by atoms with Gasteiger partial charge in [0.1, 0.15) is 0 Å². The van der Waals surface area contributed by atoms with Crippen LogP contribution < -0.4 is 0 Å². The fraction of sp³-hybridized carbons (Fsp3) is 1.00. The summed E-state index contributed by atoms with van der Waals surface area (Å²) in [6.07, 6.45) is 6.21. The highest BCUT2D eigenvalue weighted by Gasteiger charge is 2.23. The number of β-amino-alcohol motifs (C(OH)–C–C–N with tert-alkyl or cyclic N) is 1. The quantitative estimate of drug-likeness (QED) is 0.699. The van der Waals surface area contributed by atoms with Crippen LogP contribution in [0.3, 0.4) is 0 Å². The Balaban J connectivity index is 2.38. The Bertz CT molecular complexity index is 273. The number of hydrogen-bond acceptors (Lipinski definition) is 3. The molecule has 1 aliphatic heterocycles. The first-order valence-corrected chi connectivity index (χ1v) is 9.42. The van der Waals surface area contributed by atoms with Crippen molar-refractivity contribution in [3.05, 3.63) is 0 Å². The van der Waals surface area contributed by atoms with E-state index in [9.17, 15) is 5.11 Å². The van der Waals surface area contributed by atoms with Crippen LogP contribution in [0.4, 0.5) is 0 Å². The molecule has 132 valence electrons. The maximum atomic E-state index is 10.3. The van der Waals surface area contributed by atoms with Gasteiger partial charge in [-0.15, -0.1) is 0 Å². The molecule has 1 heterocycles. The van der Waals surface area contributed by atoms with Gasteiger partial charge in [0, 0.05) is 6.54 Å². The molecular formula is C19H39NO2. The van der Waals surface area contributed by atoms with Crippen LogP contribution in [-0.4, -0.2) is 48.5 Å². The first kappa shape index (κ1) is 19.9. The fourth-order valence-electron chi connectivity index (χ4n) is 3.23. The van der Waals surface area contributed by atoms with E-state index in [1.165, 1.54) is 25.7 Å². The van der Waals surface area contributed by atoms with E-state index in [1.54, 1.807) is 0 Å². The minimum absolute atomic E-state index is 0.263. The van der Waals surface area contributed by atoms with Gasteiger partial charge in [0.25, 0.3) is 0 Å². The summed E-state index contributed by atoms with van der Waals surface area (Å²) >= 11 is 0. The first-order valence-electron chi connectivity index (χ1n) is 9.42. The Hall–Kier alpha value is -0.120. The maximum Gasteiger partial charge on any atom is 0.0900 e. The second-order valence-electron chi connectivity index (χ2n) is 7.97. The third-order valence-corrected chi connectivity index (χ3v) is 5.01. The van der Waals surface area contributed by atoms with Gasteiger partial charge in [0.05, 0.1) is 18.8 Å². The van der Waals surface area contributed by atoms with Gasteiger partial charge in [-0.1, -0.05) is 47.5 Å². The van der Waals surface area contributed by atoms with Crippen molar-refractivity contribution in [1.82, 2.24) is 4.90 Å². The Morgan fingerprint density at radius 1 is 0.955 bits per heavy atom. The standard InChI is InChI=1S/C19H39NO2/c1-15(2)12-19(17(5)16(3)4)22-14-18(21)13-20-10-8-6-7-9-11-20/h15-19,21H,6-14H2,1-5H3. The molecule has 3 atom stereocenters. The minimum atomic E-state index is -0.355. The lowest BCUT2D eigenvalue weighted by atomic mass is 9.87. The molecule has 1 fully saturated rings. The molecule has 1 aliphatic rings. The second kappa shape index (κ2) is 10.6. The van der Waals surface area contributed by atoms with Gasteiger partial charge in [-0.25, -0.2) is 0 Å². The van der Waals surface area contributed by atoms with Crippen molar-refractivity contribution >= 4 is 0 Å². The molecule has 0 saturated carbocycles. The Kier molecular flexibility index (Phi) is 9.62. The predicted octanol–water partition coefficient (Wildman–Crippen LogP) is 3.95. The predicted molar refractivity (Wildman–Crippen MR) is 94.1 cm³/mol. The highest BCUT2D eigenvalue weighted by Crippen LogP contribution is 2.23. The molecule has 0 amide bonds. The number of likely N-dealkylation sites (tertiary alicyclic amines) is 1. The molecule has 0 aromatic carbocycles. The van der Waals surface area contributed by atoms with Crippen LogP contribution in [0.15, 0.2) is 0 Å². The van der Waals surface area contributed by atoms with Crippen molar-refractivity contribution < 1.29 is 9.84 Å². The Morgan fingerprint density at radius 2 is 1.55 bits per heavy atom. The number of rotatable bonds is 9. The van der Waals surface area contributed by atoms with Crippen LogP contribution in [0, 0.1) is 17.8 Å². The van der Waals surface area contributed by atoms with Gasteiger partial charge in [0.2, 0.25) is 0 Å². The molecule has 1 N–H and O–H groups in total. The van der Waals surface area contributed by atoms with Crippen molar-refractivity contribution in [2.75, 3.05) is 26.2 Å².